The molecule has 5 nitrogen and oxygen atoms in total. The lowest BCUT2D eigenvalue weighted by molar-refractivity contribution is -0.138. The fourth-order valence-corrected chi connectivity index (χ4v) is 1.39. The molecule has 1 aliphatic heterocycles. The molecule has 1 heterocycles. The van der Waals surface area contributed by atoms with Gasteiger partial charge in [0.1, 0.15) is 0 Å². The summed E-state index contributed by atoms with van der Waals surface area (Å²) in [7, 11) is 1.56. The third-order valence-corrected chi connectivity index (χ3v) is 2.22. The van der Waals surface area contributed by atoms with Crippen LogP contribution in [-0.4, -0.2) is 36.2 Å². The Bertz CT molecular complexity index is 247. The van der Waals surface area contributed by atoms with Crippen molar-refractivity contribution in [2.45, 2.75) is 25.7 Å². The summed E-state index contributed by atoms with van der Waals surface area (Å²) in [5, 5.41) is 2.49. The van der Waals surface area contributed by atoms with Crippen molar-refractivity contribution in [2.75, 3.05) is 13.6 Å². The first-order valence-corrected chi connectivity index (χ1v) is 4.69. The molecule has 0 saturated carbocycles. The average Bonchev–Trinajstić information content (AvgIpc) is 2.48. The van der Waals surface area contributed by atoms with E-state index in [-0.39, 0.29) is 17.7 Å². The predicted molar refractivity (Wildman–Crippen MR) is 49.3 cm³/mol. The molecule has 1 saturated heterocycles. The quantitative estimate of drug-likeness (QED) is 0.628. The molecule has 5 heteroatoms. The largest absolute Gasteiger partial charge is 0.359 e. The molecule has 78 valence electrons. The molecule has 0 unspecified atom stereocenters. The minimum absolute atomic E-state index is 0.0657. The van der Waals surface area contributed by atoms with Gasteiger partial charge in [0.25, 0.3) is 0 Å². The summed E-state index contributed by atoms with van der Waals surface area (Å²) in [6, 6.07) is 0. The lowest BCUT2D eigenvalue weighted by Crippen LogP contribution is -2.31. The number of carbonyl (C=O) groups is 3. The number of amides is 3. The number of carbonyl (C=O) groups excluding carboxylic acids is 3. The molecular formula is C9H14N2O3. The summed E-state index contributed by atoms with van der Waals surface area (Å²) in [6.07, 6.45) is 1.53. The molecule has 0 aromatic heterocycles. The van der Waals surface area contributed by atoms with Crippen LogP contribution in [0, 0.1) is 0 Å². The Balaban J connectivity index is 2.27. The summed E-state index contributed by atoms with van der Waals surface area (Å²) >= 11 is 0. The van der Waals surface area contributed by atoms with Gasteiger partial charge in [-0.1, -0.05) is 0 Å². The number of likely N-dealkylation sites (tertiary alicyclic amines) is 1. The molecule has 14 heavy (non-hydrogen) atoms. The first kappa shape index (κ1) is 10.7. The molecule has 0 radical (unpaired) electrons. The molecule has 0 aromatic carbocycles. The maximum absolute atomic E-state index is 11.1. The molecule has 1 aliphatic rings. The maximum atomic E-state index is 11.1. The summed E-state index contributed by atoms with van der Waals surface area (Å²) in [5.41, 5.74) is 0. The van der Waals surface area contributed by atoms with Crippen molar-refractivity contribution in [1.82, 2.24) is 10.2 Å². The molecule has 3 amide bonds. The average molecular weight is 198 g/mol. The van der Waals surface area contributed by atoms with E-state index in [4.69, 9.17) is 0 Å². The minimum Gasteiger partial charge on any atom is -0.359 e. The number of imide groups is 1. The minimum atomic E-state index is -0.119. The van der Waals surface area contributed by atoms with E-state index in [2.05, 4.69) is 5.32 Å². The van der Waals surface area contributed by atoms with E-state index in [1.807, 2.05) is 0 Å². The van der Waals surface area contributed by atoms with Crippen molar-refractivity contribution in [1.29, 1.82) is 0 Å². The van der Waals surface area contributed by atoms with Gasteiger partial charge in [0.15, 0.2) is 0 Å². The van der Waals surface area contributed by atoms with Gasteiger partial charge in [-0.25, -0.2) is 0 Å². The van der Waals surface area contributed by atoms with Gasteiger partial charge >= 0.3 is 0 Å². The molecule has 0 spiro atoms. The lowest BCUT2D eigenvalue weighted by atomic mass is 10.3. The Morgan fingerprint density at radius 3 is 2.43 bits per heavy atom. The zero-order valence-electron chi connectivity index (χ0n) is 8.21. The van der Waals surface area contributed by atoms with Crippen LogP contribution in [0.4, 0.5) is 0 Å². The zero-order chi connectivity index (χ0) is 10.6. The van der Waals surface area contributed by atoms with Crippen LogP contribution in [-0.2, 0) is 14.4 Å². The van der Waals surface area contributed by atoms with Crippen molar-refractivity contribution in [3.8, 4) is 0 Å². The van der Waals surface area contributed by atoms with Crippen LogP contribution in [0.1, 0.15) is 25.7 Å². The second-order valence-electron chi connectivity index (χ2n) is 3.22. The topological polar surface area (TPSA) is 66.5 Å². The van der Waals surface area contributed by atoms with Crippen molar-refractivity contribution in [3.63, 3.8) is 0 Å². The fraction of sp³-hybridized carbons (Fsp3) is 0.667. The van der Waals surface area contributed by atoms with E-state index in [9.17, 15) is 14.4 Å². The summed E-state index contributed by atoms with van der Waals surface area (Å²) < 4.78 is 0. The molecule has 0 atom stereocenters. The van der Waals surface area contributed by atoms with Crippen molar-refractivity contribution in [3.05, 3.63) is 0 Å². The number of nitrogens with one attached hydrogen (secondary N) is 1. The van der Waals surface area contributed by atoms with Gasteiger partial charge in [-0.15, -0.1) is 0 Å². The van der Waals surface area contributed by atoms with Crippen molar-refractivity contribution >= 4 is 17.7 Å². The third-order valence-electron chi connectivity index (χ3n) is 2.22. The van der Waals surface area contributed by atoms with Gasteiger partial charge in [-0.05, 0) is 6.42 Å². The molecule has 1 rings (SSSR count). The summed E-state index contributed by atoms with van der Waals surface area (Å²) in [4.78, 5) is 34.4. The van der Waals surface area contributed by atoms with Crippen LogP contribution >= 0.6 is 0 Å². The summed E-state index contributed by atoms with van der Waals surface area (Å²) in [5.74, 6) is -0.303. The molecule has 1 fully saturated rings. The fourth-order valence-electron chi connectivity index (χ4n) is 1.39. The number of rotatable bonds is 4. The highest BCUT2D eigenvalue weighted by atomic mass is 16.2. The highest BCUT2D eigenvalue weighted by molar-refractivity contribution is 6.01. The molecule has 0 aliphatic carbocycles. The Morgan fingerprint density at radius 2 is 1.93 bits per heavy atom. The van der Waals surface area contributed by atoms with Crippen LogP contribution in [0.25, 0.3) is 0 Å². The molecule has 0 aromatic rings. The molecular weight excluding hydrogens is 184 g/mol. The highest BCUT2D eigenvalue weighted by Gasteiger charge is 2.27. The van der Waals surface area contributed by atoms with E-state index in [1.165, 1.54) is 4.90 Å². The number of hydrogen-bond acceptors (Lipinski definition) is 3. The van der Waals surface area contributed by atoms with Gasteiger partial charge in [0, 0.05) is 32.9 Å². The standard InChI is InChI=1S/C9H14N2O3/c1-10-7(12)3-2-6-11-8(13)4-5-9(11)14/h2-6H2,1H3,(H,10,12). The van der Waals surface area contributed by atoms with Gasteiger partial charge in [-0.2, -0.15) is 0 Å². The SMILES string of the molecule is CNC(=O)CCCN1C(=O)CCC1=O. The Kier molecular flexibility index (Phi) is 3.62. The van der Waals surface area contributed by atoms with Crippen LogP contribution in [0.5, 0.6) is 0 Å². The van der Waals surface area contributed by atoms with E-state index in [0.717, 1.165) is 0 Å². The highest BCUT2D eigenvalue weighted by Crippen LogP contribution is 2.12. The smallest absolute Gasteiger partial charge is 0.229 e. The second kappa shape index (κ2) is 4.74. The Labute approximate surface area is 82.4 Å². The third kappa shape index (κ3) is 2.55. The van der Waals surface area contributed by atoms with Gasteiger partial charge < -0.3 is 5.32 Å². The van der Waals surface area contributed by atoms with E-state index >= 15 is 0 Å². The first-order chi connectivity index (χ1) is 6.65. The summed E-state index contributed by atoms with van der Waals surface area (Å²) in [6.45, 7) is 0.366. The molecule has 1 N–H and O–H groups in total. The van der Waals surface area contributed by atoms with Crippen LogP contribution in [0.15, 0.2) is 0 Å². The maximum Gasteiger partial charge on any atom is 0.229 e. The second-order valence-corrected chi connectivity index (χ2v) is 3.22. The van der Waals surface area contributed by atoms with Gasteiger partial charge in [-0.3, -0.25) is 19.3 Å². The number of nitrogens with zero attached hydrogens (tertiary/aromatic N) is 1. The Hall–Kier alpha value is -1.39. The predicted octanol–water partition coefficient (Wildman–Crippen LogP) is -0.338. The van der Waals surface area contributed by atoms with Crippen LogP contribution in [0.2, 0.25) is 0 Å². The van der Waals surface area contributed by atoms with E-state index in [1.54, 1.807) is 7.05 Å². The number of hydrogen-bond donors (Lipinski definition) is 1. The zero-order valence-corrected chi connectivity index (χ0v) is 8.21. The Morgan fingerprint density at radius 1 is 1.36 bits per heavy atom. The van der Waals surface area contributed by atoms with Crippen LogP contribution in [0.3, 0.4) is 0 Å². The monoisotopic (exact) mass is 198 g/mol. The first-order valence-electron chi connectivity index (χ1n) is 4.69. The molecule has 0 bridgehead atoms. The van der Waals surface area contributed by atoms with Crippen LogP contribution < -0.4 is 5.32 Å². The van der Waals surface area contributed by atoms with E-state index < -0.39 is 0 Å². The van der Waals surface area contributed by atoms with E-state index in [0.29, 0.717) is 32.2 Å². The van der Waals surface area contributed by atoms with Crippen molar-refractivity contribution < 1.29 is 14.4 Å². The lowest BCUT2D eigenvalue weighted by Gasteiger charge is -2.12. The van der Waals surface area contributed by atoms with Crippen molar-refractivity contribution in [2.24, 2.45) is 0 Å². The normalized spacial score (nSPS) is 16.2. The van der Waals surface area contributed by atoms with Gasteiger partial charge in [0.05, 0.1) is 0 Å². The van der Waals surface area contributed by atoms with Gasteiger partial charge in [0.2, 0.25) is 17.7 Å².